The molecule has 3 rings (SSSR count). The highest BCUT2D eigenvalue weighted by molar-refractivity contribution is 5.96. The quantitative estimate of drug-likeness (QED) is 0.867. The van der Waals surface area contributed by atoms with Gasteiger partial charge in [0, 0.05) is 19.2 Å². The van der Waals surface area contributed by atoms with Gasteiger partial charge in [0.15, 0.2) is 5.76 Å². The van der Waals surface area contributed by atoms with Crippen LogP contribution in [-0.2, 0) is 4.79 Å². The van der Waals surface area contributed by atoms with E-state index in [-0.39, 0.29) is 18.1 Å². The summed E-state index contributed by atoms with van der Waals surface area (Å²) in [6.07, 6.45) is 3.38. The highest BCUT2D eigenvalue weighted by Crippen LogP contribution is 2.15. The van der Waals surface area contributed by atoms with Gasteiger partial charge in [0.05, 0.1) is 19.0 Å². The van der Waals surface area contributed by atoms with E-state index in [0.717, 1.165) is 0 Å². The van der Waals surface area contributed by atoms with Crippen molar-refractivity contribution in [1.82, 2.24) is 20.5 Å². The normalized spacial score (nSPS) is 14.1. The summed E-state index contributed by atoms with van der Waals surface area (Å²) in [5.74, 6) is -1.14. The number of hydrazine groups is 1. The minimum Gasteiger partial charge on any atom is -0.459 e. The number of aromatic nitrogens is 1. The minimum atomic E-state index is -0.490. The van der Waals surface area contributed by atoms with Crippen LogP contribution in [0.2, 0.25) is 0 Å². The number of hydrogen-bond acceptors (Lipinski definition) is 6. The average Bonchev–Trinajstić information content (AvgIpc) is 3.33. The molecule has 0 bridgehead atoms. The summed E-state index contributed by atoms with van der Waals surface area (Å²) >= 11 is 0. The Hall–Kier alpha value is -3.10. The monoisotopic (exact) mass is 318 g/mol. The maximum Gasteiger partial charge on any atom is 0.311 e. The predicted octanol–water partition coefficient (Wildman–Crippen LogP) is 0.287. The fourth-order valence-corrected chi connectivity index (χ4v) is 2.28. The smallest absolute Gasteiger partial charge is 0.311 e. The van der Waals surface area contributed by atoms with Crippen LogP contribution in [0.15, 0.2) is 39.6 Å². The summed E-state index contributed by atoms with van der Waals surface area (Å²) in [7, 11) is 0. The van der Waals surface area contributed by atoms with Crippen molar-refractivity contribution in [3.63, 3.8) is 0 Å². The summed E-state index contributed by atoms with van der Waals surface area (Å²) in [5, 5.41) is 8.53. The Morgan fingerprint density at radius 3 is 2.70 bits per heavy atom. The van der Waals surface area contributed by atoms with Crippen LogP contribution in [0.1, 0.15) is 27.5 Å². The zero-order valence-corrected chi connectivity index (χ0v) is 12.1. The lowest BCUT2D eigenvalue weighted by Crippen LogP contribution is -2.48. The molecule has 1 fully saturated rings. The number of carbonyl (C=O) groups is 3. The van der Waals surface area contributed by atoms with Crippen LogP contribution >= 0.6 is 0 Å². The van der Waals surface area contributed by atoms with E-state index in [4.69, 9.17) is 8.94 Å². The highest BCUT2D eigenvalue weighted by Gasteiger charge is 2.32. The molecule has 0 atom stereocenters. The number of nitrogens with one attached hydrogen (secondary N) is 1. The van der Waals surface area contributed by atoms with Gasteiger partial charge in [-0.15, -0.1) is 0 Å². The fraction of sp³-hybridized carbons (Fsp3) is 0.286. The molecule has 0 spiro atoms. The van der Waals surface area contributed by atoms with Crippen molar-refractivity contribution in [2.24, 2.45) is 0 Å². The van der Waals surface area contributed by atoms with Gasteiger partial charge >= 0.3 is 5.91 Å². The molecule has 1 aliphatic heterocycles. The number of amides is 3. The molecule has 0 saturated carbocycles. The van der Waals surface area contributed by atoms with Gasteiger partial charge in [0.1, 0.15) is 0 Å². The van der Waals surface area contributed by atoms with Crippen molar-refractivity contribution in [3.8, 4) is 0 Å². The second-order valence-corrected chi connectivity index (χ2v) is 4.84. The minimum absolute atomic E-state index is 0.0596. The fourth-order valence-electron chi connectivity index (χ4n) is 2.28. The Balaban J connectivity index is 1.60. The predicted molar refractivity (Wildman–Crippen MR) is 74.9 cm³/mol. The van der Waals surface area contributed by atoms with Crippen LogP contribution in [0.3, 0.4) is 0 Å². The average molecular weight is 318 g/mol. The lowest BCUT2D eigenvalue weighted by Gasteiger charge is -2.26. The molecule has 0 aliphatic carbocycles. The van der Waals surface area contributed by atoms with Gasteiger partial charge in [-0.3, -0.25) is 14.4 Å². The molecule has 0 radical (unpaired) electrons. The van der Waals surface area contributed by atoms with Gasteiger partial charge in [0.2, 0.25) is 5.76 Å². The topological polar surface area (TPSA) is 109 Å². The molecule has 9 heteroatoms. The third kappa shape index (κ3) is 3.07. The van der Waals surface area contributed by atoms with Crippen molar-refractivity contribution in [3.05, 3.63) is 42.2 Å². The third-order valence-corrected chi connectivity index (χ3v) is 3.35. The van der Waals surface area contributed by atoms with Crippen LogP contribution in [0.4, 0.5) is 0 Å². The van der Waals surface area contributed by atoms with Crippen LogP contribution in [-0.4, -0.2) is 52.5 Å². The Kier molecular flexibility index (Phi) is 4.09. The molecule has 3 amide bonds. The Bertz CT molecular complexity index is 695. The molecule has 0 aromatic carbocycles. The van der Waals surface area contributed by atoms with Crippen LogP contribution in [0.5, 0.6) is 0 Å². The number of hydrogen-bond donors (Lipinski definition) is 1. The van der Waals surface area contributed by atoms with E-state index in [1.165, 1.54) is 34.6 Å². The first kappa shape index (κ1) is 14.8. The SMILES string of the molecule is O=C(NCC(=O)N1CCCN1C(=O)c1ccno1)c1ccco1. The molecule has 2 aromatic rings. The molecule has 0 unspecified atom stereocenters. The Morgan fingerprint density at radius 1 is 1.17 bits per heavy atom. The Morgan fingerprint density at radius 2 is 2.00 bits per heavy atom. The van der Waals surface area contributed by atoms with Crippen molar-refractivity contribution >= 4 is 17.7 Å². The largest absolute Gasteiger partial charge is 0.459 e. The zero-order valence-electron chi connectivity index (χ0n) is 12.1. The van der Waals surface area contributed by atoms with Gasteiger partial charge in [0.25, 0.3) is 11.8 Å². The van der Waals surface area contributed by atoms with E-state index in [1.807, 2.05) is 0 Å². The van der Waals surface area contributed by atoms with Crippen molar-refractivity contribution in [2.45, 2.75) is 6.42 Å². The number of nitrogens with zero attached hydrogens (tertiary/aromatic N) is 3. The Labute approximate surface area is 130 Å². The van der Waals surface area contributed by atoms with E-state index in [2.05, 4.69) is 10.5 Å². The molecule has 23 heavy (non-hydrogen) atoms. The summed E-state index contributed by atoms with van der Waals surface area (Å²) in [6.45, 7) is 0.562. The van der Waals surface area contributed by atoms with Gasteiger partial charge < -0.3 is 14.3 Å². The first-order valence-electron chi connectivity index (χ1n) is 7.01. The summed E-state index contributed by atoms with van der Waals surface area (Å²) in [5.41, 5.74) is 0. The van der Waals surface area contributed by atoms with Crippen molar-refractivity contribution in [2.75, 3.05) is 19.6 Å². The molecule has 2 aromatic heterocycles. The lowest BCUT2D eigenvalue weighted by molar-refractivity contribution is -0.139. The van der Waals surface area contributed by atoms with Crippen LogP contribution < -0.4 is 5.32 Å². The summed E-state index contributed by atoms with van der Waals surface area (Å²) < 4.78 is 9.76. The van der Waals surface area contributed by atoms with Crippen molar-refractivity contribution < 1.29 is 23.3 Å². The first-order valence-corrected chi connectivity index (χ1v) is 7.01. The number of furan rings is 1. The van der Waals surface area contributed by atoms with Crippen LogP contribution in [0.25, 0.3) is 0 Å². The molecular weight excluding hydrogens is 304 g/mol. The second kappa shape index (κ2) is 6.34. The summed E-state index contributed by atoms with van der Waals surface area (Å²) in [4.78, 5) is 36.2. The summed E-state index contributed by atoms with van der Waals surface area (Å²) in [6, 6.07) is 4.51. The molecule has 3 heterocycles. The van der Waals surface area contributed by atoms with E-state index in [9.17, 15) is 14.4 Å². The molecule has 1 N–H and O–H groups in total. The van der Waals surface area contributed by atoms with E-state index in [0.29, 0.717) is 19.5 Å². The molecule has 9 nitrogen and oxygen atoms in total. The van der Waals surface area contributed by atoms with E-state index in [1.54, 1.807) is 6.07 Å². The lowest BCUT2D eigenvalue weighted by atomic mass is 10.4. The second-order valence-electron chi connectivity index (χ2n) is 4.84. The highest BCUT2D eigenvalue weighted by atomic mass is 16.5. The van der Waals surface area contributed by atoms with Gasteiger partial charge in [-0.1, -0.05) is 5.16 Å². The van der Waals surface area contributed by atoms with E-state index >= 15 is 0 Å². The van der Waals surface area contributed by atoms with Gasteiger partial charge in [-0.25, -0.2) is 10.0 Å². The van der Waals surface area contributed by atoms with E-state index < -0.39 is 17.7 Å². The standard InChI is InChI=1S/C14H14N4O5/c19-12(9-15-13(20)10-3-1-8-22-10)17-6-2-7-18(17)14(21)11-4-5-16-23-11/h1,3-5,8H,2,6-7,9H2,(H,15,20). The first-order chi connectivity index (χ1) is 11.2. The number of carbonyl (C=O) groups excluding carboxylic acids is 3. The molecule has 1 saturated heterocycles. The molecule has 120 valence electrons. The maximum absolute atomic E-state index is 12.2. The molecular formula is C14H14N4O5. The molecule has 1 aliphatic rings. The number of rotatable bonds is 4. The van der Waals surface area contributed by atoms with Crippen molar-refractivity contribution in [1.29, 1.82) is 0 Å². The van der Waals surface area contributed by atoms with Gasteiger partial charge in [-0.05, 0) is 18.6 Å². The van der Waals surface area contributed by atoms with Gasteiger partial charge in [-0.2, -0.15) is 0 Å². The third-order valence-electron chi connectivity index (χ3n) is 3.35. The van der Waals surface area contributed by atoms with Crippen LogP contribution in [0, 0.1) is 0 Å². The maximum atomic E-state index is 12.2. The zero-order chi connectivity index (χ0) is 16.2.